The predicted molar refractivity (Wildman–Crippen MR) is 112 cm³/mol. The molecule has 2 amide bonds. The highest BCUT2D eigenvalue weighted by Crippen LogP contribution is 2.36. The molecule has 0 atom stereocenters. The second-order valence-electron chi connectivity index (χ2n) is 5.85. The molecule has 3 rings (SSSR count). The van der Waals surface area contributed by atoms with Gasteiger partial charge in [-0.25, -0.2) is 17.9 Å². The highest BCUT2D eigenvalue weighted by molar-refractivity contribution is 7.90. The molecule has 1 aromatic heterocycles. The number of carbonyl (C=O) groups is 1. The van der Waals surface area contributed by atoms with E-state index in [1.165, 1.54) is 13.2 Å². The summed E-state index contributed by atoms with van der Waals surface area (Å²) in [5.41, 5.74) is 0.686. The molecule has 9 nitrogen and oxygen atoms in total. The van der Waals surface area contributed by atoms with Crippen LogP contribution in [0.25, 0.3) is 11.1 Å². The number of amides is 2. The maximum atomic E-state index is 13.0. The molecule has 12 heteroatoms. The van der Waals surface area contributed by atoms with Crippen LogP contribution in [-0.4, -0.2) is 36.5 Å². The van der Waals surface area contributed by atoms with Gasteiger partial charge in [-0.15, -0.1) is 0 Å². The topological polar surface area (TPSA) is 123 Å². The number of rotatable bonds is 5. The highest BCUT2D eigenvalue weighted by atomic mass is 35.5. The van der Waals surface area contributed by atoms with Crippen molar-refractivity contribution in [3.63, 3.8) is 0 Å². The summed E-state index contributed by atoms with van der Waals surface area (Å²) in [6.45, 7) is 1.56. The molecule has 2 N–H and O–H groups in total. The van der Waals surface area contributed by atoms with E-state index in [9.17, 15) is 13.2 Å². The number of halogens is 2. The molecule has 0 saturated heterocycles. The Kier molecular flexibility index (Phi) is 6.40. The van der Waals surface area contributed by atoms with Gasteiger partial charge in [0.05, 0.1) is 12.1 Å². The van der Waals surface area contributed by atoms with Crippen molar-refractivity contribution in [1.82, 2.24) is 19.7 Å². The number of sulfonamides is 1. The Morgan fingerprint density at radius 1 is 0.967 bits per heavy atom. The van der Waals surface area contributed by atoms with Gasteiger partial charge >= 0.3 is 12.0 Å². The average molecular weight is 468 g/mol. The van der Waals surface area contributed by atoms with Crippen LogP contribution in [-0.2, 0) is 10.0 Å². The Morgan fingerprint density at radius 2 is 1.63 bits per heavy atom. The summed E-state index contributed by atoms with van der Waals surface area (Å²) >= 11 is 12.4. The molecule has 0 spiro atoms. The maximum Gasteiger partial charge on any atom is 0.335 e. The first-order chi connectivity index (χ1) is 14.2. The zero-order valence-corrected chi connectivity index (χ0v) is 18.0. The third-order valence-electron chi connectivity index (χ3n) is 3.76. The summed E-state index contributed by atoms with van der Waals surface area (Å²) < 4.78 is 32.7. The number of aromatic nitrogens is 3. The average Bonchev–Trinajstić information content (AvgIpc) is 2.66. The number of nitrogens with one attached hydrogen (secondary N) is 2. The maximum absolute atomic E-state index is 13.0. The summed E-state index contributed by atoms with van der Waals surface area (Å²) in [5, 5.41) is 2.48. The van der Waals surface area contributed by atoms with Gasteiger partial charge < -0.3 is 4.74 Å². The minimum atomic E-state index is -4.39. The Bertz CT molecular complexity index is 1220. The normalized spacial score (nSPS) is 11.1. The quantitative estimate of drug-likeness (QED) is 0.586. The highest BCUT2D eigenvalue weighted by Gasteiger charge is 2.26. The molecule has 2 aromatic carbocycles. The Morgan fingerprint density at radius 3 is 2.33 bits per heavy atom. The Balaban J connectivity index is 1.94. The minimum Gasteiger partial charge on any atom is -0.467 e. The van der Waals surface area contributed by atoms with Gasteiger partial charge in [-0.2, -0.15) is 15.0 Å². The molecule has 0 aliphatic carbocycles. The second-order valence-corrected chi connectivity index (χ2v) is 8.28. The Hall–Kier alpha value is -2.95. The number of methoxy groups -OCH3 is 1. The standard InChI is InChI=1S/C18H15Cl2N5O4S/c1-10-21-16(24-18(22-10)29-2)23-17(26)25-30(27,28)15-12(7-5-9-14(15)20)11-6-3-4-8-13(11)19/h3-9H,1-2H3,(H2,21,22,23,24,25,26). The van der Waals surface area contributed by atoms with Crippen LogP contribution in [0.1, 0.15) is 5.82 Å². The molecule has 0 unspecified atom stereocenters. The van der Waals surface area contributed by atoms with Gasteiger partial charge in [0.2, 0.25) is 5.95 Å². The van der Waals surface area contributed by atoms with E-state index in [0.29, 0.717) is 10.6 Å². The SMILES string of the molecule is COc1nc(C)nc(NC(=O)NS(=O)(=O)c2c(Cl)cccc2-c2ccccc2Cl)n1. The summed E-state index contributed by atoms with van der Waals surface area (Å²) in [5.74, 6) is 0.0876. The first-order valence-electron chi connectivity index (χ1n) is 8.35. The number of ether oxygens (including phenoxy) is 1. The molecule has 30 heavy (non-hydrogen) atoms. The van der Waals surface area contributed by atoms with Gasteiger partial charge in [0.25, 0.3) is 10.0 Å². The summed E-state index contributed by atoms with van der Waals surface area (Å²) in [6, 6.07) is 10.1. The second kappa shape index (κ2) is 8.82. The summed E-state index contributed by atoms with van der Waals surface area (Å²) in [7, 11) is -3.04. The lowest BCUT2D eigenvalue weighted by atomic mass is 10.1. The van der Waals surface area contributed by atoms with Gasteiger partial charge in [0, 0.05) is 16.1 Å². The van der Waals surface area contributed by atoms with E-state index < -0.39 is 16.1 Å². The first-order valence-corrected chi connectivity index (χ1v) is 10.6. The molecule has 0 radical (unpaired) electrons. The number of aryl methyl sites for hydroxylation is 1. The smallest absolute Gasteiger partial charge is 0.335 e. The van der Waals surface area contributed by atoms with Crippen molar-refractivity contribution in [3.05, 3.63) is 58.3 Å². The van der Waals surface area contributed by atoms with Crippen molar-refractivity contribution in [2.75, 3.05) is 12.4 Å². The van der Waals surface area contributed by atoms with Gasteiger partial charge in [-0.1, -0.05) is 53.5 Å². The molecule has 0 aliphatic rings. The lowest BCUT2D eigenvalue weighted by molar-refractivity contribution is 0.256. The van der Waals surface area contributed by atoms with Gasteiger partial charge in [0.15, 0.2) is 0 Å². The number of hydrogen-bond donors (Lipinski definition) is 2. The fourth-order valence-corrected chi connectivity index (χ4v) is 4.48. The molecular formula is C18H15Cl2N5O4S. The largest absolute Gasteiger partial charge is 0.467 e. The van der Waals surface area contributed by atoms with E-state index in [1.807, 2.05) is 4.72 Å². The lowest BCUT2D eigenvalue weighted by Crippen LogP contribution is -2.35. The number of nitrogens with zero attached hydrogens (tertiary/aromatic N) is 3. The fourth-order valence-electron chi connectivity index (χ4n) is 2.58. The molecule has 0 fully saturated rings. The van der Waals surface area contributed by atoms with Crippen LogP contribution in [0.3, 0.4) is 0 Å². The number of carbonyl (C=O) groups excluding carboxylic acids is 1. The van der Waals surface area contributed by atoms with Crippen LogP contribution in [0.4, 0.5) is 10.7 Å². The molecule has 3 aromatic rings. The lowest BCUT2D eigenvalue weighted by Gasteiger charge is -2.14. The molecule has 156 valence electrons. The number of anilines is 1. The zero-order valence-electron chi connectivity index (χ0n) is 15.7. The van der Waals surface area contributed by atoms with Crippen LogP contribution >= 0.6 is 23.2 Å². The van der Waals surface area contributed by atoms with Crippen molar-refractivity contribution < 1.29 is 17.9 Å². The van der Waals surface area contributed by atoms with Gasteiger partial charge in [-0.3, -0.25) is 5.32 Å². The molecule has 0 bridgehead atoms. The monoisotopic (exact) mass is 467 g/mol. The van der Waals surface area contributed by atoms with Crippen LogP contribution in [0.5, 0.6) is 6.01 Å². The van der Waals surface area contributed by atoms with Crippen molar-refractivity contribution in [1.29, 1.82) is 0 Å². The Labute approximate surface area is 182 Å². The van der Waals surface area contributed by atoms with Gasteiger partial charge in [0.1, 0.15) is 10.7 Å². The van der Waals surface area contributed by atoms with Crippen LogP contribution in [0.15, 0.2) is 47.4 Å². The molecule has 0 aliphatic heterocycles. The number of urea groups is 1. The summed E-state index contributed by atoms with van der Waals surface area (Å²) in [4.78, 5) is 23.7. The van der Waals surface area contributed by atoms with Crippen molar-refractivity contribution in [3.8, 4) is 17.1 Å². The van der Waals surface area contributed by atoms with E-state index >= 15 is 0 Å². The van der Waals surface area contributed by atoms with E-state index in [2.05, 4.69) is 20.3 Å². The van der Waals surface area contributed by atoms with Crippen LogP contribution in [0, 0.1) is 6.92 Å². The van der Waals surface area contributed by atoms with E-state index in [0.717, 1.165) is 0 Å². The molecule has 1 heterocycles. The first kappa shape index (κ1) is 21.8. The van der Waals surface area contributed by atoms with E-state index in [4.69, 9.17) is 27.9 Å². The van der Waals surface area contributed by atoms with Crippen LogP contribution < -0.4 is 14.8 Å². The van der Waals surface area contributed by atoms with Crippen molar-refractivity contribution in [2.45, 2.75) is 11.8 Å². The van der Waals surface area contributed by atoms with E-state index in [-0.39, 0.29) is 33.3 Å². The summed E-state index contributed by atoms with van der Waals surface area (Å²) in [6.07, 6.45) is 0. The fraction of sp³-hybridized carbons (Fsp3) is 0.111. The third-order valence-corrected chi connectivity index (χ3v) is 5.95. The van der Waals surface area contributed by atoms with Crippen molar-refractivity contribution in [2.24, 2.45) is 0 Å². The van der Waals surface area contributed by atoms with Gasteiger partial charge in [-0.05, 0) is 19.1 Å². The van der Waals surface area contributed by atoms with E-state index in [1.54, 1.807) is 43.3 Å². The predicted octanol–water partition coefficient (Wildman–Crippen LogP) is 3.67. The molecule has 0 saturated carbocycles. The third kappa shape index (κ3) is 4.78. The molecular weight excluding hydrogens is 453 g/mol. The van der Waals surface area contributed by atoms with Crippen molar-refractivity contribution >= 4 is 45.2 Å². The number of benzene rings is 2. The minimum absolute atomic E-state index is 0.0345. The number of hydrogen-bond acceptors (Lipinski definition) is 7. The zero-order chi connectivity index (χ0) is 21.9. The van der Waals surface area contributed by atoms with Crippen LogP contribution in [0.2, 0.25) is 10.0 Å².